The maximum absolute atomic E-state index is 12.7. The third-order valence-electron chi connectivity index (χ3n) is 4.64. The van der Waals surface area contributed by atoms with Crippen molar-refractivity contribution < 1.29 is 18.3 Å². The molecule has 0 radical (unpaired) electrons. The van der Waals surface area contributed by atoms with Gasteiger partial charge in [0.15, 0.2) is 0 Å². The van der Waals surface area contributed by atoms with Crippen LogP contribution in [0.3, 0.4) is 0 Å². The highest BCUT2D eigenvalue weighted by molar-refractivity contribution is 7.95. The predicted molar refractivity (Wildman–Crippen MR) is 96.6 cm³/mol. The van der Waals surface area contributed by atoms with Crippen molar-refractivity contribution >= 4 is 9.84 Å². The lowest BCUT2D eigenvalue weighted by Gasteiger charge is -2.37. The minimum atomic E-state index is -3.57. The largest absolute Gasteiger partial charge is 0.390 e. The molecule has 0 saturated heterocycles. The van der Waals surface area contributed by atoms with Crippen LogP contribution in [0, 0.1) is 0 Å². The van der Waals surface area contributed by atoms with Crippen molar-refractivity contribution in [3.63, 3.8) is 0 Å². The lowest BCUT2D eigenvalue weighted by molar-refractivity contribution is -0.121. The number of ether oxygens (including phenoxy) is 1. The average molecular weight is 358 g/mol. The van der Waals surface area contributed by atoms with E-state index in [9.17, 15) is 13.5 Å². The van der Waals surface area contributed by atoms with Gasteiger partial charge in [0.25, 0.3) is 0 Å². The number of benzene rings is 2. The summed E-state index contributed by atoms with van der Waals surface area (Å²) in [6.07, 6.45) is 1.21. The first-order valence-corrected chi connectivity index (χ1v) is 9.75. The molecule has 0 unspecified atom stereocenters. The summed E-state index contributed by atoms with van der Waals surface area (Å²) in [6.45, 7) is 2.20. The molecule has 3 rings (SSSR count). The Morgan fingerprint density at radius 3 is 2.28 bits per heavy atom. The van der Waals surface area contributed by atoms with Crippen molar-refractivity contribution in [1.82, 2.24) is 0 Å². The van der Waals surface area contributed by atoms with Gasteiger partial charge >= 0.3 is 0 Å². The van der Waals surface area contributed by atoms with Gasteiger partial charge in [0, 0.05) is 11.3 Å². The third-order valence-corrected chi connectivity index (χ3v) is 6.56. The molecule has 0 spiro atoms. The molecule has 0 saturated carbocycles. The molecule has 1 N–H and O–H groups in total. The third kappa shape index (κ3) is 3.84. The van der Waals surface area contributed by atoms with E-state index in [-0.39, 0.29) is 16.2 Å². The van der Waals surface area contributed by atoms with Crippen molar-refractivity contribution in [2.75, 3.05) is 0 Å². The first kappa shape index (κ1) is 17.9. The summed E-state index contributed by atoms with van der Waals surface area (Å²) in [5, 5.41) is 10.6. The number of sulfone groups is 1. The van der Waals surface area contributed by atoms with Crippen LogP contribution < -0.4 is 0 Å². The van der Waals surface area contributed by atoms with Crippen molar-refractivity contribution in [3.8, 4) is 0 Å². The topological polar surface area (TPSA) is 63.6 Å². The average Bonchev–Trinajstić information content (AvgIpc) is 2.64. The summed E-state index contributed by atoms with van der Waals surface area (Å²) < 4.78 is 31.4. The Balaban J connectivity index is 1.76. The Bertz CT molecular complexity index is 844. The molecule has 4 nitrogen and oxygen atoms in total. The van der Waals surface area contributed by atoms with Crippen LogP contribution in [0.25, 0.3) is 0 Å². The number of rotatable bonds is 5. The number of aliphatic hydroxyl groups is 1. The van der Waals surface area contributed by atoms with Gasteiger partial charge in [-0.2, -0.15) is 0 Å². The van der Waals surface area contributed by atoms with Crippen LogP contribution >= 0.6 is 0 Å². The van der Waals surface area contributed by atoms with Crippen LogP contribution in [0.5, 0.6) is 0 Å². The summed E-state index contributed by atoms with van der Waals surface area (Å²) in [6, 6.07) is 18.0. The molecule has 0 amide bonds. The maximum atomic E-state index is 12.7. The normalized spacial score (nSPS) is 23.9. The molecule has 2 atom stereocenters. The predicted octanol–water partition coefficient (Wildman–Crippen LogP) is 3.47. The van der Waals surface area contributed by atoms with Gasteiger partial charge < -0.3 is 9.84 Å². The summed E-state index contributed by atoms with van der Waals surface area (Å²) >= 11 is 0. The van der Waals surface area contributed by atoms with Gasteiger partial charge in [0.1, 0.15) is 0 Å². The van der Waals surface area contributed by atoms with Crippen LogP contribution in [0.1, 0.15) is 25.3 Å². The van der Waals surface area contributed by atoms with E-state index in [4.69, 9.17) is 4.74 Å². The van der Waals surface area contributed by atoms with Crippen molar-refractivity contribution in [3.05, 3.63) is 77.2 Å². The molecule has 0 bridgehead atoms. The Kier molecular flexibility index (Phi) is 5.08. The van der Waals surface area contributed by atoms with Crippen LogP contribution in [0.2, 0.25) is 0 Å². The number of hydrogen-bond donors (Lipinski definition) is 1. The zero-order valence-corrected chi connectivity index (χ0v) is 14.9. The minimum Gasteiger partial charge on any atom is -0.390 e. The van der Waals surface area contributed by atoms with Crippen molar-refractivity contribution in [1.29, 1.82) is 0 Å². The van der Waals surface area contributed by atoms with E-state index in [2.05, 4.69) is 0 Å². The van der Waals surface area contributed by atoms with Crippen LogP contribution in [-0.2, 0) is 21.2 Å². The van der Waals surface area contributed by atoms with E-state index in [1.54, 1.807) is 36.4 Å². The van der Waals surface area contributed by atoms with E-state index < -0.39 is 21.5 Å². The van der Waals surface area contributed by atoms with E-state index in [1.807, 2.05) is 37.3 Å². The van der Waals surface area contributed by atoms with Gasteiger partial charge in [-0.05, 0) is 31.0 Å². The first-order chi connectivity index (χ1) is 11.9. The smallest absolute Gasteiger partial charge is 0.202 e. The van der Waals surface area contributed by atoms with Gasteiger partial charge in [0.2, 0.25) is 9.84 Å². The molecule has 0 aliphatic heterocycles. The monoisotopic (exact) mass is 358 g/mol. The zero-order chi connectivity index (χ0) is 17.9. The summed E-state index contributed by atoms with van der Waals surface area (Å²) in [5.74, 6) is 0. The quantitative estimate of drug-likeness (QED) is 0.889. The molecule has 0 aromatic heterocycles. The van der Waals surface area contributed by atoms with Gasteiger partial charge in [-0.1, -0.05) is 54.6 Å². The molecule has 25 heavy (non-hydrogen) atoms. The molecule has 1 aliphatic rings. The summed E-state index contributed by atoms with van der Waals surface area (Å²) in [7, 11) is -3.57. The second kappa shape index (κ2) is 7.12. The zero-order valence-electron chi connectivity index (χ0n) is 14.1. The number of aliphatic hydroxyl groups excluding tert-OH is 1. The minimum absolute atomic E-state index is 0.0581. The first-order valence-electron chi connectivity index (χ1n) is 8.27. The van der Waals surface area contributed by atoms with Crippen LogP contribution in [0.4, 0.5) is 0 Å². The molecular formula is C20H22O4S. The van der Waals surface area contributed by atoms with E-state index in [0.717, 1.165) is 5.56 Å². The fourth-order valence-electron chi connectivity index (χ4n) is 2.89. The van der Waals surface area contributed by atoms with E-state index >= 15 is 0 Å². The fourth-order valence-corrected chi connectivity index (χ4v) is 4.39. The molecule has 1 aliphatic carbocycles. The highest BCUT2D eigenvalue weighted by atomic mass is 32.2. The Hall–Kier alpha value is -1.95. The lowest BCUT2D eigenvalue weighted by Crippen LogP contribution is -2.44. The van der Waals surface area contributed by atoms with Gasteiger partial charge in [-0.25, -0.2) is 8.42 Å². The summed E-state index contributed by atoms with van der Waals surface area (Å²) in [5.41, 5.74) is 0.216. The SMILES string of the molecule is C[C@]1(OCc2ccccc2)CC=C(S(=O)(=O)c2ccccc2)C[C@H]1O. The molecule has 0 fully saturated rings. The molecular weight excluding hydrogens is 336 g/mol. The van der Waals surface area contributed by atoms with E-state index in [0.29, 0.717) is 13.0 Å². The standard InChI is InChI=1S/C20H22O4S/c1-20(24-15-16-8-4-2-5-9-16)13-12-18(14-19(20)21)25(22,23)17-10-6-3-7-11-17/h2-12,19,21H,13-15H2,1H3/t19-,20+/m1/s1. The van der Waals surface area contributed by atoms with Gasteiger partial charge in [-0.15, -0.1) is 0 Å². The maximum Gasteiger partial charge on any atom is 0.202 e. The van der Waals surface area contributed by atoms with Gasteiger partial charge in [-0.3, -0.25) is 0 Å². The highest BCUT2D eigenvalue weighted by Gasteiger charge is 2.39. The molecule has 2 aromatic rings. The molecule has 2 aromatic carbocycles. The highest BCUT2D eigenvalue weighted by Crippen LogP contribution is 2.35. The molecule has 5 heteroatoms. The van der Waals surface area contributed by atoms with E-state index in [1.165, 1.54) is 0 Å². The Morgan fingerprint density at radius 1 is 1.08 bits per heavy atom. The second-order valence-electron chi connectivity index (χ2n) is 6.50. The fraction of sp³-hybridized carbons (Fsp3) is 0.300. The molecule has 132 valence electrons. The van der Waals surface area contributed by atoms with Crippen molar-refractivity contribution in [2.24, 2.45) is 0 Å². The summed E-state index contributed by atoms with van der Waals surface area (Å²) in [4.78, 5) is 0.509. The lowest BCUT2D eigenvalue weighted by atomic mass is 9.88. The van der Waals surface area contributed by atoms with Crippen LogP contribution in [-0.4, -0.2) is 25.2 Å². The van der Waals surface area contributed by atoms with Crippen molar-refractivity contribution in [2.45, 2.75) is 43.0 Å². The molecule has 0 heterocycles. The Morgan fingerprint density at radius 2 is 1.68 bits per heavy atom. The van der Waals surface area contributed by atoms with Gasteiger partial charge in [0.05, 0.1) is 23.2 Å². The Labute approximate surface area is 148 Å². The second-order valence-corrected chi connectivity index (χ2v) is 8.50. The van der Waals surface area contributed by atoms with Crippen LogP contribution in [0.15, 0.2) is 76.5 Å². The number of hydrogen-bond acceptors (Lipinski definition) is 4.